The summed E-state index contributed by atoms with van der Waals surface area (Å²) in [5, 5.41) is 1.61. The molecule has 4 rings (SSSR count). The van der Waals surface area contributed by atoms with Crippen LogP contribution in [0.3, 0.4) is 0 Å². The third-order valence-electron chi connectivity index (χ3n) is 3.45. The molecule has 0 amide bonds. The highest BCUT2D eigenvalue weighted by Crippen LogP contribution is 2.37. The van der Waals surface area contributed by atoms with E-state index in [4.69, 9.17) is 11.6 Å². The van der Waals surface area contributed by atoms with Crippen LogP contribution in [0.4, 0.5) is 0 Å². The molecule has 0 bridgehead atoms. The topological polar surface area (TPSA) is 57.4 Å². The van der Waals surface area contributed by atoms with Crippen molar-refractivity contribution in [2.75, 3.05) is 0 Å². The lowest BCUT2D eigenvalue weighted by molar-refractivity contribution is 1.32. The van der Waals surface area contributed by atoms with Crippen molar-refractivity contribution in [3.63, 3.8) is 0 Å². The van der Waals surface area contributed by atoms with Crippen molar-refractivity contribution < 1.29 is 0 Å². The molecular weight excluding hydrogens is 284 g/mol. The maximum Gasteiger partial charge on any atom is 0.138 e. The second-order valence-corrected chi connectivity index (χ2v) is 5.20. The zero-order valence-corrected chi connectivity index (χ0v) is 11.7. The summed E-state index contributed by atoms with van der Waals surface area (Å²) in [6.07, 6.45) is 9.11. The second-order valence-electron chi connectivity index (χ2n) is 4.77. The lowest BCUT2D eigenvalue weighted by atomic mass is 10.0. The van der Waals surface area contributed by atoms with Crippen LogP contribution >= 0.6 is 11.6 Å². The number of nitrogens with zero attached hydrogens (tertiary/aromatic N) is 2. The maximum atomic E-state index is 6.11. The minimum absolute atomic E-state index is 0.618. The van der Waals surface area contributed by atoms with Crippen molar-refractivity contribution >= 4 is 22.6 Å². The molecule has 0 aromatic carbocycles. The molecule has 4 aromatic rings. The van der Waals surface area contributed by atoms with E-state index in [0.717, 1.165) is 33.4 Å². The van der Waals surface area contributed by atoms with Gasteiger partial charge in [0.2, 0.25) is 0 Å². The molecule has 0 saturated heterocycles. The Kier molecular flexibility index (Phi) is 2.75. The van der Waals surface area contributed by atoms with Gasteiger partial charge in [-0.15, -0.1) is 0 Å². The van der Waals surface area contributed by atoms with Gasteiger partial charge in [-0.25, -0.2) is 4.98 Å². The van der Waals surface area contributed by atoms with Gasteiger partial charge >= 0.3 is 0 Å². The normalized spacial score (nSPS) is 11.1. The molecule has 0 aliphatic rings. The van der Waals surface area contributed by atoms with Gasteiger partial charge in [0.05, 0.1) is 10.7 Å². The number of hydrogen-bond donors (Lipinski definition) is 2. The van der Waals surface area contributed by atoms with Crippen molar-refractivity contribution in [3.8, 4) is 22.4 Å². The summed E-state index contributed by atoms with van der Waals surface area (Å²) in [4.78, 5) is 15.1. The fraction of sp³-hybridized carbons (Fsp3) is 0. The van der Waals surface area contributed by atoms with Gasteiger partial charge in [-0.05, 0) is 18.2 Å². The lowest BCUT2D eigenvalue weighted by Crippen LogP contribution is -1.82. The molecule has 0 saturated carbocycles. The van der Waals surface area contributed by atoms with E-state index in [2.05, 4.69) is 19.9 Å². The summed E-state index contributed by atoms with van der Waals surface area (Å²) in [5.74, 6) is 0. The fourth-order valence-electron chi connectivity index (χ4n) is 2.55. The molecule has 4 heterocycles. The van der Waals surface area contributed by atoms with E-state index in [1.807, 2.05) is 42.9 Å². The number of nitrogens with one attached hydrogen (secondary N) is 2. The number of halogens is 1. The maximum absolute atomic E-state index is 6.11. The minimum Gasteiger partial charge on any atom is -0.367 e. The van der Waals surface area contributed by atoms with Crippen LogP contribution < -0.4 is 0 Å². The van der Waals surface area contributed by atoms with Crippen LogP contribution in [0.25, 0.3) is 33.4 Å². The van der Waals surface area contributed by atoms with E-state index in [1.165, 1.54) is 0 Å². The first-order valence-electron chi connectivity index (χ1n) is 6.54. The molecule has 4 aromatic heterocycles. The summed E-state index contributed by atoms with van der Waals surface area (Å²) in [6.45, 7) is 0. The van der Waals surface area contributed by atoms with E-state index in [1.54, 1.807) is 12.4 Å². The van der Waals surface area contributed by atoms with E-state index < -0.39 is 0 Å². The summed E-state index contributed by atoms with van der Waals surface area (Å²) in [7, 11) is 0. The van der Waals surface area contributed by atoms with Crippen LogP contribution in [0.2, 0.25) is 5.02 Å². The number of H-pyrrole nitrogens is 2. The SMILES string of the molecule is Clc1cnc2[nH]c(-c3cc[nH]c3)c(-c3cccnc3)c2c1. The summed E-state index contributed by atoms with van der Waals surface area (Å²) in [6, 6.07) is 7.91. The van der Waals surface area contributed by atoms with Crippen LogP contribution in [0, 0.1) is 0 Å². The predicted octanol–water partition coefficient (Wildman–Crippen LogP) is 4.27. The highest BCUT2D eigenvalue weighted by Gasteiger charge is 2.16. The number of aromatic nitrogens is 4. The average Bonchev–Trinajstić information content (AvgIpc) is 3.14. The molecule has 0 fully saturated rings. The molecule has 0 aliphatic heterocycles. The van der Waals surface area contributed by atoms with Crippen molar-refractivity contribution in [1.82, 2.24) is 19.9 Å². The van der Waals surface area contributed by atoms with Crippen molar-refractivity contribution in [2.45, 2.75) is 0 Å². The molecule has 5 heteroatoms. The van der Waals surface area contributed by atoms with Crippen molar-refractivity contribution in [3.05, 3.63) is 60.3 Å². The minimum atomic E-state index is 0.618. The first-order chi connectivity index (χ1) is 10.3. The average molecular weight is 295 g/mol. The van der Waals surface area contributed by atoms with Gasteiger partial charge in [0.25, 0.3) is 0 Å². The number of rotatable bonds is 2. The van der Waals surface area contributed by atoms with Gasteiger partial charge in [0, 0.05) is 53.1 Å². The largest absolute Gasteiger partial charge is 0.367 e. The summed E-state index contributed by atoms with van der Waals surface area (Å²) < 4.78 is 0. The predicted molar refractivity (Wildman–Crippen MR) is 84.1 cm³/mol. The number of aromatic amines is 2. The first-order valence-corrected chi connectivity index (χ1v) is 6.91. The molecule has 0 spiro atoms. The van der Waals surface area contributed by atoms with Gasteiger partial charge < -0.3 is 9.97 Å². The Balaban J connectivity index is 2.09. The number of pyridine rings is 2. The van der Waals surface area contributed by atoms with Crippen molar-refractivity contribution in [2.24, 2.45) is 0 Å². The molecule has 0 aliphatic carbocycles. The van der Waals surface area contributed by atoms with E-state index >= 15 is 0 Å². The molecular formula is C16H11ClN4. The first kappa shape index (κ1) is 12.2. The van der Waals surface area contributed by atoms with Crippen LogP contribution in [0.5, 0.6) is 0 Å². The smallest absolute Gasteiger partial charge is 0.138 e. The summed E-state index contributed by atoms with van der Waals surface area (Å²) in [5.41, 5.74) is 4.99. The van der Waals surface area contributed by atoms with Crippen molar-refractivity contribution in [1.29, 1.82) is 0 Å². The van der Waals surface area contributed by atoms with Crippen LogP contribution in [0.1, 0.15) is 0 Å². The molecule has 21 heavy (non-hydrogen) atoms. The van der Waals surface area contributed by atoms with Crippen LogP contribution in [-0.4, -0.2) is 19.9 Å². The third kappa shape index (κ3) is 2.00. The van der Waals surface area contributed by atoms with E-state index in [0.29, 0.717) is 5.02 Å². The standard InChI is InChI=1S/C16H11ClN4/c17-12-6-13-14(10-2-1-4-18-7-10)15(11-3-5-19-8-11)21-16(13)20-9-12/h1-9,19H,(H,20,21). The monoisotopic (exact) mass is 294 g/mol. The Morgan fingerprint density at radius 2 is 2.05 bits per heavy atom. The van der Waals surface area contributed by atoms with Gasteiger partial charge in [-0.2, -0.15) is 0 Å². The van der Waals surface area contributed by atoms with E-state index in [-0.39, 0.29) is 0 Å². The molecule has 0 unspecified atom stereocenters. The second kappa shape index (κ2) is 4.75. The fourth-order valence-corrected chi connectivity index (χ4v) is 2.71. The molecule has 2 N–H and O–H groups in total. The zero-order valence-electron chi connectivity index (χ0n) is 11.0. The highest BCUT2D eigenvalue weighted by molar-refractivity contribution is 6.31. The number of hydrogen-bond acceptors (Lipinski definition) is 2. The molecule has 0 atom stereocenters. The van der Waals surface area contributed by atoms with Crippen LogP contribution in [-0.2, 0) is 0 Å². The van der Waals surface area contributed by atoms with Gasteiger partial charge in [-0.1, -0.05) is 17.7 Å². The lowest BCUT2D eigenvalue weighted by Gasteiger charge is -2.03. The molecule has 0 radical (unpaired) electrons. The van der Waals surface area contributed by atoms with E-state index in [9.17, 15) is 0 Å². The van der Waals surface area contributed by atoms with Gasteiger partial charge in [0.15, 0.2) is 0 Å². The summed E-state index contributed by atoms with van der Waals surface area (Å²) >= 11 is 6.11. The Morgan fingerprint density at radius 1 is 1.10 bits per heavy atom. The Bertz CT molecular complexity index is 895. The van der Waals surface area contributed by atoms with Crippen LogP contribution in [0.15, 0.2) is 55.2 Å². The highest BCUT2D eigenvalue weighted by atomic mass is 35.5. The van der Waals surface area contributed by atoms with Gasteiger partial charge in [0.1, 0.15) is 5.65 Å². The molecule has 4 nitrogen and oxygen atoms in total. The quantitative estimate of drug-likeness (QED) is 0.580. The Labute approximate surface area is 125 Å². The Hall–Kier alpha value is -2.59. The van der Waals surface area contributed by atoms with Gasteiger partial charge in [-0.3, -0.25) is 4.98 Å². The zero-order chi connectivity index (χ0) is 14.2. The number of fused-ring (bicyclic) bond motifs is 1. The Morgan fingerprint density at radius 3 is 2.81 bits per heavy atom. The third-order valence-corrected chi connectivity index (χ3v) is 3.66. The molecule has 102 valence electrons.